The van der Waals surface area contributed by atoms with Crippen molar-refractivity contribution in [3.63, 3.8) is 0 Å². The van der Waals surface area contributed by atoms with E-state index < -0.39 is 0 Å². The van der Waals surface area contributed by atoms with Gasteiger partial charge in [0.05, 0.1) is 6.54 Å². The Balaban J connectivity index is 1.74. The molecule has 2 rings (SSSR count). The summed E-state index contributed by atoms with van der Waals surface area (Å²) in [6.07, 6.45) is 2.10. The Morgan fingerprint density at radius 2 is 2.05 bits per heavy atom. The minimum absolute atomic E-state index is 0.101. The van der Waals surface area contributed by atoms with Gasteiger partial charge in [0.15, 0.2) is 0 Å². The summed E-state index contributed by atoms with van der Waals surface area (Å²) >= 11 is 6.16. The highest BCUT2D eigenvalue weighted by Crippen LogP contribution is 2.16. The lowest BCUT2D eigenvalue weighted by Gasteiger charge is -2.31. The highest BCUT2D eigenvalue weighted by Gasteiger charge is 2.20. The number of piperidine rings is 1. The first-order valence-corrected chi connectivity index (χ1v) is 8.40. The predicted octanol–water partition coefficient (Wildman–Crippen LogP) is 2.37. The fourth-order valence-corrected chi connectivity index (χ4v) is 3.08. The number of halogens is 1. The fraction of sp³-hybridized carbons (Fsp3) is 0.588. The van der Waals surface area contributed by atoms with Crippen LogP contribution in [0.25, 0.3) is 0 Å². The second-order valence-electron chi connectivity index (χ2n) is 6.04. The monoisotopic (exact) mass is 323 g/mol. The van der Waals surface area contributed by atoms with Crippen LogP contribution in [0.15, 0.2) is 24.3 Å². The van der Waals surface area contributed by atoms with Gasteiger partial charge < -0.3 is 10.2 Å². The van der Waals surface area contributed by atoms with Crippen LogP contribution in [0.3, 0.4) is 0 Å². The maximum Gasteiger partial charge on any atom is 0.234 e. The molecule has 5 heteroatoms. The number of nitrogens with one attached hydrogen (secondary N) is 1. The van der Waals surface area contributed by atoms with Gasteiger partial charge in [-0.15, -0.1) is 0 Å². The van der Waals surface area contributed by atoms with Crippen molar-refractivity contribution in [3.8, 4) is 0 Å². The van der Waals surface area contributed by atoms with Gasteiger partial charge in [0.1, 0.15) is 0 Å². The molecule has 4 nitrogen and oxygen atoms in total. The van der Waals surface area contributed by atoms with E-state index >= 15 is 0 Å². The van der Waals surface area contributed by atoms with Crippen LogP contribution in [0.4, 0.5) is 0 Å². The van der Waals surface area contributed by atoms with Crippen molar-refractivity contribution in [3.05, 3.63) is 34.9 Å². The number of hydrogen-bond donors (Lipinski definition) is 1. The van der Waals surface area contributed by atoms with Crippen LogP contribution in [-0.2, 0) is 11.3 Å². The first-order valence-electron chi connectivity index (χ1n) is 8.02. The van der Waals surface area contributed by atoms with Gasteiger partial charge in [-0.25, -0.2) is 0 Å². The second kappa shape index (κ2) is 8.51. The first kappa shape index (κ1) is 17.3. The van der Waals surface area contributed by atoms with Crippen molar-refractivity contribution >= 4 is 17.5 Å². The molecular weight excluding hydrogens is 298 g/mol. The van der Waals surface area contributed by atoms with Crippen molar-refractivity contribution in [1.29, 1.82) is 0 Å². The molecule has 0 atom stereocenters. The van der Waals surface area contributed by atoms with Gasteiger partial charge in [0.25, 0.3) is 0 Å². The van der Waals surface area contributed by atoms with Crippen LogP contribution in [0, 0.1) is 0 Å². The lowest BCUT2D eigenvalue weighted by molar-refractivity contribution is -0.123. The zero-order valence-electron chi connectivity index (χ0n) is 13.5. The number of likely N-dealkylation sites (tertiary alicyclic amines) is 1. The normalized spacial score (nSPS) is 16.9. The van der Waals surface area contributed by atoms with Crippen molar-refractivity contribution in [2.45, 2.75) is 32.4 Å². The molecule has 1 aromatic carbocycles. The number of benzene rings is 1. The van der Waals surface area contributed by atoms with Crippen LogP contribution in [0.2, 0.25) is 5.02 Å². The number of hydrogen-bond acceptors (Lipinski definition) is 3. The number of nitrogens with zero attached hydrogens (tertiary/aromatic N) is 2. The summed E-state index contributed by atoms with van der Waals surface area (Å²) in [5.74, 6) is 0.101. The smallest absolute Gasteiger partial charge is 0.234 e. The molecule has 122 valence electrons. The number of rotatable bonds is 6. The summed E-state index contributed by atoms with van der Waals surface area (Å²) in [4.78, 5) is 16.6. The number of carbonyl (C=O) groups is 1. The third-order valence-electron chi connectivity index (χ3n) is 4.21. The molecule has 0 aromatic heterocycles. The fourth-order valence-electron chi connectivity index (χ4n) is 2.89. The van der Waals surface area contributed by atoms with Crippen LogP contribution >= 0.6 is 11.6 Å². The highest BCUT2D eigenvalue weighted by atomic mass is 35.5. The van der Waals surface area contributed by atoms with E-state index in [0.717, 1.165) is 43.1 Å². The Bertz CT molecular complexity index is 487. The highest BCUT2D eigenvalue weighted by molar-refractivity contribution is 6.31. The van der Waals surface area contributed by atoms with Crippen molar-refractivity contribution in [2.24, 2.45) is 0 Å². The van der Waals surface area contributed by atoms with Gasteiger partial charge in [-0.1, -0.05) is 36.7 Å². The summed E-state index contributed by atoms with van der Waals surface area (Å²) in [5, 5.41) is 3.91. The predicted molar refractivity (Wildman–Crippen MR) is 91.1 cm³/mol. The molecule has 1 saturated heterocycles. The Hall–Kier alpha value is -1.10. The number of amides is 1. The summed E-state index contributed by atoms with van der Waals surface area (Å²) in [6, 6.07) is 8.09. The Labute approximate surface area is 138 Å². The minimum Gasteiger partial charge on any atom is -0.352 e. The maximum atomic E-state index is 12.1. The zero-order valence-corrected chi connectivity index (χ0v) is 14.3. The Morgan fingerprint density at radius 1 is 1.36 bits per heavy atom. The largest absolute Gasteiger partial charge is 0.352 e. The van der Waals surface area contributed by atoms with Gasteiger partial charge in [-0.05, 0) is 38.1 Å². The van der Waals surface area contributed by atoms with E-state index in [4.69, 9.17) is 11.6 Å². The SMILES string of the molecule is CCN1CCC(NC(=O)CN(C)Cc2ccccc2Cl)CC1. The lowest BCUT2D eigenvalue weighted by atomic mass is 10.1. The molecule has 1 aliphatic heterocycles. The van der Waals surface area contributed by atoms with Crippen molar-refractivity contribution < 1.29 is 4.79 Å². The van der Waals surface area contributed by atoms with Crippen molar-refractivity contribution in [2.75, 3.05) is 33.2 Å². The summed E-state index contributed by atoms with van der Waals surface area (Å²) < 4.78 is 0. The molecule has 1 aliphatic rings. The van der Waals surface area contributed by atoms with Gasteiger partial charge in [-0.2, -0.15) is 0 Å². The van der Waals surface area contributed by atoms with E-state index in [1.807, 2.05) is 36.2 Å². The topological polar surface area (TPSA) is 35.6 Å². The number of carbonyl (C=O) groups excluding carboxylic acids is 1. The molecule has 1 amide bonds. The van der Waals surface area contributed by atoms with E-state index in [1.54, 1.807) is 0 Å². The van der Waals surface area contributed by atoms with E-state index in [9.17, 15) is 4.79 Å². The molecule has 0 spiro atoms. The lowest BCUT2D eigenvalue weighted by Crippen LogP contribution is -2.46. The first-order chi connectivity index (χ1) is 10.6. The third kappa shape index (κ3) is 5.27. The standard InChI is InChI=1S/C17H26ClN3O/c1-3-21-10-8-15(9-11-21)19-17(22)13-20(2)12-14-6-4-5-7-16(14)18/h4-7,15H,3,8-13H2,1-2H3,(H,19,22). The average molecular weight is 324 g/mol. The van der Waals surface area contributed by atoms with E-state index in [2.05, 4.69) is 17.1 Å². The zero-order chi connectivity index (χ0) is 15.9. The molecule has 1 fully saturated rings. The molecule has 0 radical (unpaired) electrons. The summed E-state index contributed by atoms with van der Waals surface area (Å²) in [7, 11) is 1.95. The van der Waals surface area contributed by atoms with E-state index in [-0.39, 0.29) is 5.91 Å². The molecule has 1 N–H and O–H groups in total. The van der Waals surface area contributed by atoms with Gasteiger partial charge in [0, 0.05) is 30.7 Å². The third-order valence-corrected chi connectivity index (χ3v) is 4.58. The molecule has 0 saturated carbocycles. The molecular formula is C17H26ClN3O. The van der Waals surface area contributed by atoms with Crippen molar-refractivity contribution in [1.82, 2.24) is 15.1 Å². The Morgan fingerprint density at radius 3 is 2.68 bits per heavy atom. The Kier molecular flexibility index (Phi) is 6.68. The number of likely N-dealkylation sites (N-methyl/N-ethyl adjacent to an activating group) is 1. The average Bonchev–Trinajstić information content (AvgIpc) is 2.50. The van der Waals surface area contributed by atoms with Crippen LogP contribution in [-0.4, -0.2) is 55.0 Å². The maximum absolute atomic E-state index is 12.1. The summed E-state index contributed by atoms with van der Waals surface area (Å²) in [6.45, 7) is 6.53. The molecule has 22 heavy (non-hydrogen) atoms. The quantitative estimate of drug-likeness (QED) is 0.873. The van der Waals surface area contributed by atoms with Crippen LogP contribution < -0.4 is 5.32 Å². The van der Waals surface area contributed by atoms with Gasteiger partial charge >= 0.3 is 0 Å². The van der Waals surface area contributed by atoms with Crippen LogP contribution in [0.5, 0.6) is 0 Å². The summed E-state index contributed by atoms with van der Waals surface area (Å²) in [5.41, 5.74) is 1.05. The van der Waals surface area contributed by atoms with Crippen LogP contribution in [0.1, 0.15) is 25.3 Å². The van der Waals surface area contributed by atoms with Gasteiger partial charge in [0.2, 0.25) is 5.91 Å². The molecule has 0 unspecified atom stereocenters. The molecule has 0 aliphatic carbocycles. The molecule has 1 heterocycles. The minimum atomic E-state index is 0.101. The molecule has 0 bridgehead atoms. The van der Waals surface area contributed by atoms with E-state index in [0.29, 0.717) is 19.1 Å². The van der Waals surface area contributed by atoms with E-state index in [1.165, 1.54) is 0 Å². The second-order valence-corrected chi connectivity index (χ2v) is 6.45. The van der Waals surface area contributed by atoms with Gasteiger partial charge in [-0.3, -0.25) is 9.69 Å². The molecule has 1 aromatic rings.